The van der Waals surface area contributed by atoms with Crippen LogP contribution in [0.2, 0.25) is 0 Å². The van der Waals surface area contributed by atoms with Crippen LogP contribution < -0.4 is 10.9 Å². The van der Waals surface area contributed by atoms with Crippen LogP contribution >= 0.6 is 11.3 Å². The Hall–Kier alpha value is -3.85. The molecular weight excluding hydrogens is 404 g/mol. The molecule has 0 saturated carbocycles. The van der Waals surface area contributed by atoms with Crippen molar-refractivity contribution < 1.29 is 9.72 Å². The van der Waals surface area contributed by atoms with E-state index >= 15 is 0 Å². The Morgan fingerprint density at radius 3 is 2.70 bits per heavy atom. The third-order valence-electron chi connectivity index (χ3n) is 4.65. The molecule has 8 nitrogen and oxygen atoms in total. The van der Waals surface area contributed by atoms with Gasteiger partial charge in [-0.2, -0.15) is 0 Å². The number of nitro benzene ring substituents is 1. The van der Waals surface area contributed by atoms with Crippen LogP contribution in [0.5, 0.6) is 0 Å². The van der Waals surface area contributed by atoms with Crippen molar-refractivity contribution in [3.05, 3.63) is 87.0 Å². The highest BCUT2D eigenvalue weighted by atomic mass is 32.1. The highest BCUT2D eigenvalue weighted by Crippen LogP contribution is 2.30. The van der Waals surface area contributed by atoms with E-state index in [0.717, 1.165) is 10.4 Å². The Morgan fingerprint density at radius 1 is 1.20 bits per heavy atom. The highest BCUT2D eigenvalue weighted by Gasteiger charge is 2.16. The summed E-state index contributed by atoms with van der Waals surface area (Å²) in [6, 6.07) is 16.0. The normalized spacial score (nSPS) is 10.8. The van der Waals surface area contributed by atoms with Gasteiger partial charge in [0, 0.05) is 10.9 Å². The SMILES string of the molecule is Cc1c(NC(=O)Cn2cnc3cc(-c4ccccc4)sc3c2=O)cccc1[N+](=O)[O-]. The van der Waals surface area contributed by atoms with Gasteiger partial charge in [0.25, 0.3) is 11.2 Å². The zero-order chi connectivity index (χ0) is 21.3. The number of carbonyl (C=O) groups is 1. The van der Waals surface area contributed by atoms with E-state index in [1.165, 1.54) is 34.4 Å². The number of nitro groups is 1. The average Bonchev–Trinajstić information content (AvgIpc) is 3.17. The molecule has 0 aliphatic carbocycles. The lowest BCUT2D eigenvalue weighted by atomic mass is 10.1. The van der Waals surface area contributed by atoms with Crippen molar-refractivity contribution in [2.24, 2.45) is 0 Å². The average molecular weight is 420 g/mol. The molecule has 30 heavy (non-hydrogen) atoms. The Morgan fingerprint density at radius 2 is 1.97 bits per heavy atom. The molecule has 1 N–H and O–H groups in total. The van der Waals surface area contributed by atoms with Gasteiger partial charge in [0.2, 0.25) is 5.91 Å². The second-order valence-corrected chi connectivity index (χ2v) is 7.68. The second-order valence-electron chi connectivity index (χ2n) is 6.62. The second kappa shape index (κ2) is 7.88. The maximum atomic E-state index is 12.8. The van der Waals surface area contributed by atoms with Gasteiger partial charge in [-0.05, 0) is 24.6 Å². The van der Waals surface area contributed by atoms with Gasteiger partial charge in [0.15, 0.2) is 0 Å². The number of thiophene rings is 1. The van der Waals surface area contributed by atoms with Crippen LogP contribution in [0.25, 0.3) is 20.7 Å². The molecular formula is C21H16N4O4S. The van der Waals surface area contributed by atoms with E-state index < -0.39 is 10.8 Å². The van der Waals surface area contributed by atoms with Crippen molar-refractivity contribution in [1.29, 1.82) is 0 Å². The summed E-state index contributed by atoms with van der Waals surface area (Å²) in [7, 11) is 0. The summed E-state index contributed by atoms with van der Waals surface area (Å²) in [5.74, 6) is -0.471. The van der Waals surface area contributed by atoms with Crippen molar-refractivity contribution in [1.82, 2.24) is 9.55 Å². The molecule has 9 heteroatoms. The minimum Gasteiger partial charge on any atom is -0.324 e. The summed E-state index contributed by atoms with van der Waals surface area (Å²) in [6.07, 6.45) is 1.34. The number of benzene rings is 2. The van der Waals surface area contributed by atoms with Crippen molar-refractivity contribution >= 4 is 38.8 Å². The molecule has 0 aliphatic rings. The van der Waals surface area contributed by atoms with E-state index in [2.05, 4.69) is 10.3 Å². The summed E-state index contributed by atoms with van der Waals surface area (Å²) in [5, 5.41) is 13.7. The largest absolute Gasteiger partial charge is 0.324 e. The van der Waals surface area contributed by atoms with Gasteiger partial charge in [-0.1, -0.05) is 36.4 Å². The molecule has 2 aromatic carbocycles. The van der Waals surface area contributed by atoms with Crippen LogP contribution in [0, 0.1) is 17.0 Å². The van der Waals surface area contributed by atoms with Crippen molar-refractivity contribution in [3.63, 3.8) is 0 Å². The predicted molar refractivity (Wildman–Crippen MR) is 116 cm³/mol. The number of amides is 1. The van der Waals surface area contributed by atoms with Crippen LogP contribution in [-0.2, 0) is 11.3 Å². The van der Waals surface area contributed by atoms with Crippen molar-refractivity contribution in [2.75, 3.05) is 5.32 Å². The third kappa shape index (κ3) is 3.70. The van der Waals surface area contributed by atoms with E-state index in [4.69, 9.17) is 0 Å². The number of nitrogens with zero attached hydrogens (tertiary/aromatic N) is 3. The van der Waals surface area contributed by atoms with E-state index in [1.807, 2.05) is 36.4 Å². The van der Waals surface area contributed by atoms with Gasteiger partial charge in [-0.15, -0.1) is 11.3 Å². The third-order valence-corrected chi connectivity index (χ3v) is 5.81. The zero-order valence-corrected chi connectivity index (χ0v) is 16.7. The molecule has 0 spiro atoms. The van der Waals surface area contributed by atoms with Gasteiger partial charge < -0.3 is 5.32 Å². The summed E-state index contributed by atoms with van der Waals surface area (Å²) in [4.78, 5) is 41.1. The summed E-state index contributed by atoms with van der Waals surface area (Å²) in [5.41, 5.74) is 1.86. The Bertz CT molecular complexity index is 1330. The van der Waals surface area contributed by atoms with Crippen LogP contribution in [0.4, 0.5) is 11.4 Å². The topological polar surface area (TPSA) is 107 Å². The monoisotopic (exact) mass is 420 g/mol. The fourth-order valence-electron chi connectivity index (χ4n) is 3.10. The summed E-state index contributed by atoms with van der Waals surface area (Å²) < 4.78 is 1.70. The number of aromatic nitrogens is 2. The molecule has 0 fully saturated rings. The molecule has 1 amide bonds. The Labute approximate surface area is 174 Å². The van der Waals surface area contributed by atoms with Crippen LogP contribution in [0.1, 0.15) is 5.56 Å². The van der Waals surface area contributed by atoms with Crippen LogP contribution in [0.15, 0.2) is 65.7 Å². The molecule has 0 aliphatic heterocycles. The van der Waals surface area contributed by atoms with E-state index in [0.29, 0.717) is 21.5 Å². The number of anilines is 1. The highest BCUT2D eigenvalue weighted by molar-refractivity contribution is 7.22. The first-order valence-electron chi connectivity index (χ1n) is 9.02. The maximum Gasteiger partial charge on any atom is 0.274 e. The summed E-state index contributed by atoms with van der Waals surface area (Å²) in [6.45, 7) is 1.31. The molecule has 0 unspecified atom stereocenters. The number of carbonyl (C=O) groups excluding carboxylic acids is 1. The first-order chi connectivity index (χ1) is 14.4. The van der Waals surface area contributed by atoms with Crippen LogP contribution in [0.3, 0.4) is 0 Å². The smallest absolute Gasteiger partial charge is 0.274 e. The van der Waals surface area contributed by atoms with Gasteiger partial charge in [-0.3, -0.25) is 24.3 Å². The molecule has 4 rings (SSSR count). The van der Waals surface area contributed by atoms with E-state index in [1.54, 1.807) is 13.0 Å². The summed E-state index contributed by atoms with van der Waals surface area (Å²) >= 11 is 1.33. The number of hydrogen-bond acceptors (Lipinski definition) is 6. The minimum absolute atomic E-state index is 0.0833. The van der Waals surface area contributed by atoms with Gasteiger partial charge in [-0.25, -0.2) is 4.98 Å². The van der Waals surface area contributed by atoms with Gasteiger partial charge >= 0.3 is 0 Å². The van der Waals surface area contributed by atoms with Gasteiger partial charge in [0.1, 0.15) is 11.2 Å². The molecule has 150 valence electrons. The molecule has 2 aromatic heterocycles. The first kappa shape index (κ1) is 19.5. The molecule has 0 saturated heterocycles. The lowest BCUT2D eigenvalue weighted by Gasteiger charge is -2.09. The zero-order valence-electron chi connectivity index (χ0n) is 15.9. The number of nitrogens with one attached hydrogen (secondary N) is 1. The number of rotatable bonds is 5. The quantitative estimate of drug-likeness (QED) is 0.388. The Balaban J connectivity index is 1.59. The molecule has 0 radical (unpaired) electrons. The standard InChI is InChI=1S/C21H16N4O4S/c1-13-15(8-5-9-17(13)25(28)29)23-19(26)11-24-12-22-16-10-18(30-20(16)21(24)27)14-6-3-2-4-7-14/h2-10,12H,11H2,1H3,(H,23,26). The van der Waals surface area contributed by atoms with Crippen LogP contribution in [-0.4, -0.2) is 20.4 Å². The fourth-order valence-corrected chi connectivity index (χ4v) is 4.17. The Kier molecular flexibility index (Phi) is 5.11. The minimum atomic E-state index is -0.506. The fraction of sp³-hybridized carbons (Fsp3) is 0.0952. The van der Waals surface area contributed by atoms with E-state index in [-0.39, 0.29) is 17.8 Å². The molecule has 0 atom stereocenters. The first-order valence-corrected chi connectivity index (χ1v) is 9.84. The molecule has 0 bridgehead atoms. The predicted octanol–water partition coefficient (Wildman–Crippen LogP) is 3.98. The van der Waals surface area contributed by atoms with Crippen molar-refractivity contribution in [2.45, 2.75) is 13.5 Å². The van der Waals surface area contributed by atoms with Crippen molar-refractivity contribution in [3.8, 4) is 10.4 Å². The van der Waals surface area contributed by atoms with Gasteiger partial charge in [0.05, 0.1) is 28.0 Å². The number of hydrogen-bond donors (Lipinski definition) is 1. The van der Waals surface area contributed by atoms with E-state index in [9.17, 15) is 19.7 Å². The molecule has 2 heterocycles. The molecule has 4 aromatic rings. The number of fused-ring (bicyclic) bond motifs is 1. The lowest BCUT2D eigenvalue weighted by Crippen LogP contribution is -2.27. The lowest BCUT2D eigenvalue weighted by molar-refractivity contribution is -0.385. The maximum absolute atomic E-state index is 12.8.